The van der Waals surface area contributed by atoms with Crippen LogP contribution in [0, 0.1) is 0 Å². The highest BCUT2D eigenvalue weighted by Crippen LogP contribution is 2.25. The minimum atomic E-state index is -0.538. The summed E-state index contributed by atoms with van der Waals surface area (Å²) in [5.74, 6) is 0.297. The molecule has 2 aromatic rings. The van der Waals surface area contributed by atoms with Crippen LogP contribution in [0.4, 0.5) is 0 Å². The number of hydrogen-bond acceptors (Lipinski definition) is 4. The van der Waals surface area contributed by atoms with Crippen LogP contribution >= 0.6 is 0 Å². The molecule has 0 aliphatic heterocycles. The summed E-state index contributed by atoms with van der Waals surface area (Å²) >= 11 is 0. The Hall–Kier alpha value is -1.85. The zero-order valence-corrected chi connectivity index (χ0v) is 13.0. The number of ketones is 1. The topological polar surface area (TPSA) is 69.6 Å². The molecule has 5 heteroatoms. The molecule has 1 atom stereocenters. The summed E-state index contributed by atoms with van der Waals surface area (Å²) in [4.78, 5) is 12.2. The minimum Gasteiger partial charge on any atom is -0.508 e. The molecule has 2 rings (SSSR count). The molecule has 0 bridgehead atoms. The molecule has 0 aliphatic carbocycles. The fourth-order valence-corrected chi connectivity index (χ4v) is 2.50. The standard InChI is InChI=1S/C17H22BNO3/c1-12(17(21)4-3-9-19-18(2)22)13-5-6-15-11-16(20)8-7-14(15)10-13/h5-8,10-12,19-20,22H,3-4,9H2,1-2H3/t12-/m1/s1. The van der Waals surface area contributed by atoms with Gasteiger partial charge >= 0.3 is 7.05 Å². The summed E-state index contributed by atoms with van der Waals surface area (Å²) in [6.07, 6.45) is 1.21. The van der Waals surface area contributed by atoms with Gasteiger partial charge in [0.15, 0.2) is 0 Å². The van der Waals surface area contributed by atoms with Crippen LogP contribution in [0.2, 0.25) is 6.82 Å². The highest BCUT2D eigenvalue weighted by Gasteiger charge is 2.15. The second-order valence-electron chi connectivity index (χ2n) is 5.71. The number of hydrogen-bond donors (Lipinski definition) is 3. The van der Waals surface area contributed by atoms with Gasteiger partial charge < -0.3 is 15.4 Å². The Bertz CT molecular complexity index is 657. The highest BCUT2D eigenvalue weighted by molar-refractivity contribution is 6.45. The Morgan fingerprint density at radius 1 is 1.23 bits per heavy atom. The van der Waals surface area contributed by atoms with Crippen LogP contribution in [0.25, 0.3) is 10.8 Å². The molecule has 0 heterocycles. The van der Waals surface area contributed by atoms with Crippen LogP contribution in [0.1, 0.15) is 31.2 Å². The third kappa shape index (κ3) is 4.32. The van der Waals surface area contributed by atoms with Gasteiger partial charge in [-0.3, -0.25) is 4.79 Å². The van der Waals surface area contributed by atoms with E-state index in [0.29, 0.717) is 13.0 Å². The molecule has 0 unspecified atom stereocenters. The smallest absolute Gasteiger partial charge is 0.373 e. The number of fused-ring (bicyclic) bond motifs is 1. The number of carbonyl (C=O) groups is 1. The second kappa shape index (κ2) is 7.43. The van der Waals surface area contributed by atoms with E-state index in [2.05, 4.69) is 5.23 Å². The molecule has 4 nitrogen and oxygen atoms in total. The van der Waals surface area contributed by atoms with E-state index >= 15 is 0 Å². The van der Waals surface area contributed by atoms with Crippen molar-refractivity contribution >= 4 is 23.6 Å². The first kappa shape index (κ1) is 16.5. The van der Waals surface area contributed by atoms with Crippen LogP contribution in [0.5, 0.6) is 5.75 Å². The molecule has 3 N–H and O–H groups in total. The third-order valence-corrected chi connectivity index (χ3v) is 3.87. The van der Waals surface area contributed by atoms with Gasteiger partial charge in [0.1, 0.15) is 11.5 Å². The van der Waals surface area contributed by atoms with Crippen LogP contribution in [0.15, 0.2) is 36.4 Å². The second-order valence-corrected chi connectivity index (χ2v) is 5.71. The molecular weight excluding hydrogens is 277 g/mol. The van der Waals surface area contributed by atoms with E-state index in [9.17, 15) is 9.90 Å². The minimum absolute atomic E-state index is 0.148. The first-order valence-electron chi connectivity index (χ1n) is 7.64. The fourth-order valence-electron chi connectivity index (χ4n) is 2.50. The van der Waals surface area contributed by atoms with Crippen molar-refractivity contribution in [3.63, 3.8) is 0 Å². The average Bonchev–Trinajstić information content (AvgIpc) is 2.49. The lowest BCUT2D eigenvalue weighted by Crippen LogP contribution is -2.31. The molecule has 0 fully saturated rings. The maximum absolute atomic E-state index is 12.2. The van der Waals surface area contributed by atoms with Gasteiger partial charge in [0.25, 0.3) is 0 Å². The number of phenolic OH excluding ortho intramolecular Hbond substituents is 1. The summed E-state index contributed by atoms with van der Waals surface area (Å²) in [6, 6.07) is 11.1. The number of carbonyl (C=O) groups excluding carboxylic acids is 1. The van der Waals surface area contributed by atoms with Gasteiger partial charge in [0.05, 0.1) is 0 Å². The number of rotatable bonds is 7. The van der Waals surface area contributed by atoms with Gasteiger partial charge in [0, 0.05) is 12.3 Å². The van der Waals surface area contributed by atoms with Crippen molar-refractivity contribution in [2.24, 2.45) is 0 Å². The maximum atomic E-state index is 12.2. The van der Waals surface area contributed by atoms with Gasteiger partial charge in [-0.05, 0) is 48.3 Å². The van der Waals surface area contributed by atoms with Crippen LogP contribution < -0.4 is 5.23 Å². The van der Waals surface area contributed by atoms with Crippen molar-refractivity contribution < 1.29 is 14.9 Å². The van der Waals surface area contributed by atoms with Crippen molar-refractivity contribution in [3.8, 4) is 5.75 Å². The van der Waals surface area contributed by atoms with E-state index in [0.717, 1.165) is 22.8 Å². The van der Waals surface area contributed by atoms with E-state index in [1.165, 1.54) is 0 Å². The Kier molecular flexibility index (Phi) is 5.58. The number of phenols is 1. The van der Waals surface area contributed by atoms with Crippen molar-refractivity contribution in [1.82, 2.24) is 5.23 Å². The monoisotopic (exact) mass is 299 g/mol. The Balaban J connectivity index is 2.00. The largest absolute Gasteiger partial charge is 0.508 e. The molecule has 0 aliphatic rings. The van der Waals surface area contributed by atoms with Crippen molar-refractivity contribution in [2.45, 2.75) is 32.5 Å². The number of Topliss-reactive ketones (excluding diaryl/α,β-unsaturated/α-hetero) is 1. The molecule has 0 saturated carbocycles. The molecule has 116 valence electrons. The highest BCUT2D eigenvalue weighted by atomic mass is 16.3. The lowest BCUT2D eigenvalue weighted by atomic mass is 9.88. The number of benzene rings is 2. The molecule has 22 heavy (non-hydrogen) atoms. The zero-order chi connectivity index (χ0) is 16.1. The van der Waals surface area contributed by atoms with E-state index in [1.54, 1.807) is 19.0 Å². The van der Waals surface area contributed by atoms with Crippen LogP contribution in [0.3, 0.4) is 0 Å². The summed E-state index contributed by atoms with van der Waals surface area (Å²) in [7, 11) is -0.538. The maximum Gasteiger partial charge on any atom is 0.373 e. The first-order chi connectivity index (χ1) is 10.5. The van der Waals surface area contributed by atoms with E-state index < -0.39 is 7.05 Å². The van der Waals surface area contributed by atoms with Crippen molar-refractivity contribution in [2.75, 3.05) is 6.54 Å². The summed E-state index contributed by atoms with van der Waals surface area (Å²) in [5, 5.41) is 23.5. The van der Waals surface area contributed by atoms with E-state index in [4.69, 9.17) is 5.02 Å². The van der Waals surface area contributed by atoms with Gasteiger partial charge in [-0.25, -0.2) is 0 Å². The Morgan fingerprint density at radius 3 is 2.64 bits per heavy atom. The number of nitrogens with one attached hydrogen (secondary N) is 1. The Labute approximate surface area is 131 Å². The summed E-state index contributed by atoms with van der Waals surface area (Å²) in [5.41, 5.74) is 0.992. The Morgan fingerprint density at radius 2 is 1.91 bits per heavy atom. The predicted molar refractivity (Wildman–Crippen MR) is 90.1 cm³/mol. The lowest BCUT2D eigenvalue weighted by molar-refractivity contribution is -0.120. The quantitative estimate of drug-likeness (QED) is 0.543. The van der Waals surface area contributed by atoms with Crippen LogP contribution in [-0.2, 0) is 4.79 Å². The van der Waals surface area contributed by atoms with Gasteiger partial charge in [0.2, 0.25) is 0 Å². The molecule has 0 amide bonds. The third-order valence-electron chi connectivity index (χ3n) is 3.87. The summed E-state index contributed by atoms with van der Waals surface area (Å²) in [6.45, 7) is 4.22. The zero-order valence-electron chi connectivity index (χ0n) is 13.0. The van der Waals surface area contributed by atoms with E-state index in [1.807, 2.05) is 31.2 Å². The molecule has 0 radical (unpaired) electrons. The predicted octanol–water partition coefficient (Wildman–Crippen LogP) is 2.70. The van der Waals surface area contributed by atoms with Crippen molar-refractivity contribution in [3.05, 3.63) is 42.0 Å². The molecule has 0 saturated heterocycles. The molecular formula is C17H22BNO3. The molecule has 0 aromatic heterocycles. The van der Waals surface area contributed by atoms with Crippen LogP contribution in [-0.4, -0.2) is 29.5 Å². The van der Waals surface area contributed by atoms with Gasteiger partial charge in [-0.15, -0.1) is 0 Å². The lowest BCUT2D eigenvalue weighted by Gasteiger charge is -2.12. The van der Waals surface area contributed by atoms with Gasteiger partial charge in [-0.2, -0.15) is 0 Å². The van der Waals surface area contributed by atoms with Crippen molar-refractivity contribution in [1.29, 1.82) is 0 Å². The molecule has 2 aromatic carbocycles. The first-order valence-corrected chi connectivity index (χ1v) is 7.64. The van der Waals surface area contributed by atoms with E-state index in [-0.39, 0.29) is 17.5 Å². The SMILES string of the molecule is CB(O)NCCCC(=O)[C@H](C)c1ccc2cc(O)ccc2c1. The molecule has 0 spiro atoms. The number of aromatic hydroxyl groups is 1. The van der Waals surface area contributed by atoms with Gasteiger partial charge in [-0.1, -0.05) is 31.2 Å². The summed E-state index contributed by atoms with van der Waals surface area (Å²) < 4.78 is 0. The fraction of sp³-hybridized carbons (Fsp3) is 0.353. The normalized spacial score (nSPS) is 12.3. The average molecular weight is 299 g/mol.